The van der Waals surface area contributed by atoms with Crippen LogP contribution in [-0.2, 0) is 9.53 Å². The second-order valence-electron chi connectivity index (χ2n) is 7.68. The summed E-state index contributed by atoms with van der Waals surface area (Å²) in [5, 5.41) is 25.7. The highest BCUT2D eigenvalue weighted by molar-refractivity contribution is 5.66. The van der Waals surface area contributed by atoms with E-state index in [9.17, 15) is 4.79 Å². The third-order valence-electron chi connectivity index (χ3n) is 4.74. The summed E-state index contributed by atoms with van der Waals surface area (Å²) in [6.45, 7) is 5.92. The summed E-state index contributed by atoms with van der Waals surface area (Å²) in [6, 6.07) is 0. The van der Waals surface area contributed by atoms with E-state index in [4.69, 9.17) is 15.3 Å². The summed E-state index contributed by atoms with van der Waals surface area (Å²) in [4.78, 5) is 10.3. The van der Waals surface area contributed by atoms with E-state index in [0.717, 1.165) is 12.8 Å². The van der Waals surface area contributed by atoms with Gasteiger partial charge in [-0.15, -0.1) is 0 Å². The molecule has 0 aliphatic heterocycles. The quantitative estimate of drug-likeness (QED) is 0.180. The molecule has 0 aromatic heterocycles. The van der Waals surface area contributed by atoms with E-state index in [1.54, 1.807) is 6.92 Å². The minimum Gasteiger partial charge on any atom is -0.481 e. The Kier molecular flexibility index (Phi) is 25.7. The highest BCUT2D eigenvalue weighted by atomic mass is 16.6. The number of aliphatic hydroxyl groups is 2. The predicted octanol–water partition coefficient (Wildman–Crippen LogP) is 6.05. The average Bonchev–Trinajstić information content (AvgIpc) is 2.65. The molecular formula is C23H48O5. The van der Waals surface area contributed by atoms with E-state index in [0.29, 0.717) is 13.0 Å². The summed E-state index contributed by atoms with van der Waals surface area (Å²) in [5.41, 5.74) is 0. The zero-order chi connectivity index (χ0) is 21.5. The number of unbranched alkanes of at least 4 members (excludes halogenated alkanes) is 14. The van der Waals surface area contributed by atoms with Crippen LogP contribution in [0.1, 0.15) is 124 Å². The highest BCUT2D eigenvalue weighted by Crippen LogP contribution is 2.13. The minimum atomic E-state index is -1.03. The maximum atomic E-state index is 10.3. The van der Waals surface area contributed by atoms with Crippen molar-refractivity contribution in [1.82, 2.24) is 0 Å². The van der Waals surface area contributed by atoms with E-state index in [1.165, 1.54) is 90.4 Å². The summed E-state index contributed by atoms with van der Waals surface area (Å²) in [7, 11) is 0. The first-order valence-electron chi connectivity index (χ1n) is 11.6. The molecule has 0 amide bonds. The molecule has 170 valence electrons. The number of carboxylic acid groups (broad SMARTS) is 1. The van der Waals surface area contributed by atoms with Gasteiger partial charge in [-0.2, -0.15) is 0 Å². The Morgan fingerprint density at radius 3 is 1.32 bits per heavy atom. The number of carboxylic acids is 1. The van der Waals surface area contributed by atoms with E-state index < -0.39 is 18.4 Å². The van der Waals surface area contributed by atoms with Crippen molar-refractivity contribution in [3.05, 3.63) is 0 Å². The van der Waals surface area contributed by atoms with Gasteiger partial charge in [-0.3, -0.25) is 4.79 Å². The van der Waals surface area contributed by atoms with Gasteiger partial charge < -0.3 is 20.1 Å². The van der Waals surface area contributed by atoms with Crippen molar-refractivity contribution in [2.45, 2.75) is 136 Å². The van der Waals surface area contributed by atoms with E-state index >= 15 is 0 Å². The zero-order valence-corrected chi connectivity index (χ0v) is 18.8. The van der Waals surface area contributed by atoms with Crippen molar-refractivity contribution in [2.24, 2.45) is 0 Å². The Labute approximate surface area is 173 Å². The number of ether oxygens (including phenoxy) is 1. The lowest BCUT2D eigenvalue weighted by atomic mass is 10.0. The molecule has 0 aromatic carbocycles. The molecule has 0 saturated carbocycles. The molecule has 0 aromatic rings. The van der Waals surface area contributed by atoms with Gasteiger partial charge in [0.15, 0.2) is 6.29 Å². The lowest BCUT2D eigenvalue weighted by molar-refractivity contribution is -0.152. The van der Waals surface area contributed by atoms with Gasteiger partial charge in [0.2, 0.25) is 0 Å². The standard InChI is InChI=1S/C18H36O2.C5H12O3/c1-2-3-4-5-6-7-8-9-10-11-12-13-14-15-16-17-18(19)20;1-3-8-5(7)4(2)6/h2-17H2,1H3,(H,19,20);4-7H,3H2,1-2H3. The summed E-state index contributed by atoms with van der Waals surface area (Å²) < 4.78 is 4.61. The van der Waals surface area contributed by atoms with Crippen molar-refractivity contribution < 1.29 is 24.9 Å². The number of carbonyl (C=O) groups is 1. The van der Waals surface area contributed by atoms with Gasteiger partial charge in [-0.25, -0.2) is 0 Å². The first-order valence-corrected chi connectivity index (χ1v) is 11.6. The molecule has 0 aliphatic rings. The molecular weight excluding hydrogens is 356 g/mol. The number of rotatable bonds is 19. The van der Waals surface area contributed by atoms with Crippen LogP contribution in [0.3, 0.4) is 0 Å². The average molecular weight is 405 g/mol. The molecule has 0 heterocycles. The van der Waals surface area contributed by atoms with Crippen molar-refractivity contribution in [1.29, 1.82) is 0 Å². The zero-order valence-electron chi connectivity index (χ0n) is 18.8. The van der Waals surface area contributed by atoms with Gasteiger partial charge in [0.05, 0.1) is 0 Å². The molecule has 0 saturated heterocycles. The summed E-state index contributed by atoms with van der Waals surface area (Å²) in [6.07, 6.45) is 18.4. The topological polar surface area (TPSA) is 87.0 Å². The van der Waals surface area contributed by atoms with Crippen LogP contribution < -0.4 is 0 Å². The maximum absolute atomic E-state index is 10.3. The lowest BCUT2D eigenvalue weighted by Crippen LogP contribution is -2.25. The molecule has 5 heteroatoms. The SMILES string of the molecule is CCCCCCCCCCCCCCCCCC(=O)O.CCOC(O)C(C)O. The van der Waals surface area contributed by atoms with E-state index in [1.807, 2.05) is 0 Å². The van der Waals surface area contributed by atoms with Crippen molar-refractivity contribution >= 4 is 5.97 Å². The fraction of sp³-hybridized carbons (Fsp3) is 0.957. The largest absolute Gasteiger partial charge is 0.481 e. The summed E-state index contributed by atoms with van der Waals surface area (Å²) in [5.74, 6) is -0.653. The van der Waals surface area contributed by atoms with Crippen LogP contribution in [0.2, 0.25) is 0 Å². The van der Waals surface area contributed by atoms with Crippen LogP contribution in [0, 0.1) is 0 Å². The molecule has 2 unspecified atom stereocenters. The van der Waals surface area contributed by atoms with Crippen LogP contribution in [0.4, 0.5) is 0 Å². The van der Waals surface area contributed by atoms with Crippen LogP contribution in [0.15, 0.2) is 0 Å². The second-order valence-corrected chi connectivity index (χ2v) is 7.68. The van der Waals surface area contributed by atoms with Crippen LogP contribution in [0.5, 0.6) is 0 Å². The lowest BCUT2D eigenvalue weighted by Gasteiger charge is -2.11. The third kappa shape index (κ3) is 27.6. The third-order valence-corrected chi connectivity index (χ3v) is 4.74. The fourth-order valence-corrected chi connectivity index (χ4v) is 2.96. The van der Waals surface area contributed by atoms with Crippen LogP contribution in [-0.4, -0.2) is 40.3 Å². The molecule has 0 rings (SSSR count). The smallest absolute Gasteiger partial charge is 0.303 e. The van der Waals surface area contributed by atoms with Crippen molar-refractivity contribution in [3.63, 3.8) is 0 Å². The summed E-state index contributed by atoms with van der Waals surface area (Å²) >= 11 is 0. The number of hydrogen-bond acceptors (Lipinski definition) is 4. The van der Waals surface area contributed by atoms with Crippen LogP contribution >= 0.6 is 0 Å². The second kappa shape index (κ2) is 24.4. The van der Waals surface area contributed by atoms with Gasteiger partial charge >= 0.3 is 5.97 Å². The Balaban J connectivity index is 0. The molecule has 0 bridgehead atoms. The molecule has 0 spiro atoms. The molecule has 0 aliphatic carbocycles. The molecule has 28 heavy (non-hydrogen) atoms. The van der Waals surface area contributed by atoms with Crippen molar-refractivity contribution in [3.8, 4) is 0 Å². The molecule has 0 radical (unpaired) electrons. The number of aliphatic carboxylic acids is 1. The van der Waals surface area contributed by atoms with Gasteiger partial charge in [-0.1, -0.05) is 96.8 Å². The van der Waals surface area contributed by atoms with E-state index in [2.05, 4.69) is 11.7 Å². The molecule has 2 atom stereocenters. The number of hydrogen-bond donors (Lipinski definition) is 3. The first-order chi connectivity index (χ1) is 13.5. The maximum Gasteiger partial charge on any atom is 0.303 e. The Morgan fingerprint density at radius 1 is 0.714 bits per heavy atom. The monoisotopic (exact) mass is 404 g/mol. The van der Waals surface area contributed by atoms with Gasteiger partial charge in [0, 0.05) is 13.0 Å². The first kappa shape index (κ1) is 29.6. The molecule has 5 nitrogen and oxygen atoms in total. The van der Waals surface area contributed by atoms with Gasteiger partial charge in [-0.05, 0) is 20.3 Å². The van der Waals surface area contributed by atoms with E-state index in [-0.39, 0.29) is 0 Å². The highest BCUT2D eigenvalue weighted by Gasteiger charge is 2.08. The van der Waals surface area contributed by atoms with Crippen molar-refractivity contribution in [2.75, 3.05) is 6.61 Å². The fourth-order valence-electron chi connectivity index (χ4n) is 2.96. The Bertz CT molecular complexity index is 307. The van der Waals surface area contributed by atoms with Gasteiger partial charge in [0.1, 0.15) is 6.10 Å². The number of aliphatic hydroxyl groups excluding tert-OH is 2. The Hall–Kier alpha value is -0.650. The minimum absolute atomic E-state index is 0.345. The van der Waals surface area contributed by atoms with Gasteiger partial charge in [0.25, 0.3) is 0 Å². The molecule has 3 N–H and O–H groups in total. The normalized spacial score (nSPS) is 12.9. The Morgan fingerprint density at radius 2 is 1.07 bits per heavy atom. The predicted molar refractivity (Wildman–Crippen MR) is 116 cm³/mol. The molecule has 0 fully saturated rings. The van der Waals surface area contributed by atoms with Crippen LogP contribution in [0.25, 0.3) is 0 Å².